The normalized spacial score (nSPS) is 16.9. The summed E-state index contributed by atoms with van der Waals surface area (Å²) in [6.45, 7) is 2.17. The predicted molar refractivity (Wildman–Crippen MR) is 107 cm³/mol. The molecule has 0 radical (unpaired) electrons. The van der Waals surface area contributed by atoms with Crippen molar-refractivity contribution in [2.75, 3.05) is 6.61 Å². The Kier molecular flexibility index (Phi) is 6.15. The molecule has 1 aliphatic carbocycles. The quantitative estimate of drug-likeness (QED) is 0.704. The largest absolute Gasteiger partial charge is 0.466 e. The number of esters is 1. The van der Waals surface area contributed by atoms with Crippen LogP contribution >= 0.6 is 0 Å². The van der Waals surface area contributed by atoms with E-state index in [-0.39, 0.29) is 17.8 Å². The Bertz CT molecular complexity index is 803. The summed E-state index contributed by atoms with van der Waals surface area (Å²) in [5, 5.41) is 2.42. The first-order valence-electron chi connectivity index (χ1n) is 9.99. The van der Waals surface area contributed by atoms with Crippen molar-refractivity contribution in [3.63, 3.8) is 0 Å². The average Bonchev–Trinajstić information content (AvgIpc) is 3.15. The van der Waals surface area contributed by atoms with Gasteiger partial charge < -0.3 is 10.5 Å². The molecule has 0 aromatic heterocycles. The second kappa shape index (κ2) is 8.55. The minimum atomic E-state index is -0.545. The van der Waals surface area contributed by atoms with Gasteiger partial charge in [0.1, 0.15) is 0 Å². The molecule has 1 unspecified atom stereocenters. The number of hydrogen-bond acceptors (Lipinski definition) is 3. The molecule has 1 fully saturated rings. The second-order valence-electron chi connectivity index (χ2n) is 7.68. The van der Waals surface area contributed by atoms with Gasteiger partial charge in [-0.25, -0.2) is 0 Å². The smallest absolute Gasteiger partial charge is 0.308 e. The number of fused-ring (bicyclic) bond motifs is 1. The van der Waals surface area contributed by atoms with Gasteiger partial charge >= 0.3 is 5.97 Å². The molecular weight excluding hydrogens is 338 g/mol. The van der Waals surface area contributed by atoms with Crippen molar-refractivity contribution in [2.24, 2.45) is 17.1 Å². The molecule has 0 saturated heterocycles. The number of benzene rings is 2. The molecule has 27 heavy (non-hydrogen) atoms. The second-order valence-corrected chi connectivity index (χ2v) is 7.68. The molecule has 2 N–H and O–H groups in total. The van der Waals surface area contributed by atoms with E-state index in [9.17, 15) is 9.59 Å². The Balaban J connectivity index is 1.79. The lowest BCUT2D eigenvalue weighted by Gasteiger charge is -2.29. The molecule has 1 amide bonds. The van der Waals surface area contributed by atoms with Crippen LogP contribution in [0.25, 0.3) is 10.8 Å². The summed E-state index contributed by atoms with van der Waals surface area (Å²) in [5.74, 6) is -0.765. The van der Waals surface area contributed by atoms with Crippen LogP contribution in [0.1, 0.15) is 51.0 Å². The summed E-state index contributed by atoms with van der Waals surface area (Å²) in [4.78, 5) is 24.8. The lowest BCUT2D eigenvalue weighted by Crippen LogP contribution is -2.38. The van der Waals surface area contributed by atoms with Crippen LogP contribution < -0.4 is 5.73 Å². The van der Waals surface area contributed by atoms with Crippen LogP contribution in [0.2, 0.25) is 0 Å². The molecule has 3 rings (SSSR count). The molecule has 2 aromatic rings. The van der Waals surface area contributed by atoms with E-state index in [2.05, 4.69) is 30.3 Å². The van der Waals surface area contributed by atoms with E-state index in [1.165, 1.54) is 16.3 Å². The van der Waals surface area contributed by atoms with Gasteiger partial charge in [-0.2, -0.15) is 0 Å². The first-order valence-corrected chi connectivity index (χ1v) is 9.99. The Morgan fingerprint density at radius 2 is 1.81 bits per heavy atom. The Labute approximate surface area is 161 Å². The summed E-state index contributed by atoms with van der Waals surface area (Å²) in [7, 11) is 0. The number of aryl methyl sites for hydroxylation is 1. The molecule has 144 valence electrons. The highest BCUT2D eigenvalue weighted by atomic mass is 16.5. The third-order valence-corrected chi connectivity index (χ3v) is 5.98. The summed E-state index contributed by atoms with van der Waals surface area (Å²) in [6, 6.07) is 14.6. The van der Waals surface area contributed by atoms with Gasteiger partial charge in [0.15, 0.2) is 0 Å². The van der Waals surface area contributed by atoms with E-state index < -0.39 is 5.41 Å². The molecule has 1 aliphatic rings. The van der Waals surface area contributed by atoms with Crippen molar-refractivity contribution in [3.8, 4) is 0 Å². The summed E-state index contributed by atoms with van der Waals surface area (Å²) in [6.07, 6.45) is 5.52. The lowest BCUT2D eigenvalue weighted by molar-refractivity contribution is -0.150. The number of amides is 1. The zero-order chi connectivity index (χ0) is 19.3. The van der Waals surface area contributed by atoms with E-state index >= 15 is 0 Å². The number of carbonyl (C=O) groups excluding carboxylic acids is 2. The zero-order valence-electron chi connectivity index (χ0n) is 16.1. The van der Waals surface area contributed by atoms with Gasteiger partial charge in [0, 0.05) is 5.41 Å². The van der Waals surface area contributed by atoms with Crippen LogP contribution in [-0.2, 0) is 20.7 Å². The number of hydrogen-bond donors (Lipinski definition) is 1. The van der Waals surface area contributed by atoms with E-state index in [1.54, 1.807) is 0 Å². The van der Waals surface area contributed by atoms with Crippen LogP contribution in [0.5, 0.6) is 0 Å². The van der Waals surface area contributed by atoms with Crippen LogP contribution in [0, 0.1) is 11.3 Å². The fraction of sp³-hybridized carbons (Fsp3) is 0.478. The minimum Gasteiger partial charge on any atom is -0.466 e. The highest BCUT2D eigenvalue weighted by molar-refractivity contribution is 5.86. The van der Waals surface area contributed by atoms with Gasteiger partial charge in [0.25, 0.3) is 0 Å². The fourth-order valence-corrected chi connectivity index (χ4v) is 4.48. The van der Waals surface area contributed by atoms with Gasteiger partial charge in [0.05, 0.1) is 12.5 Å². The summed E-state index contributed by atoms with van der Waals surface area (Å²) in [5.41, 5.74) is 6.42. The van der Waals surface area contributed by atoms with Crippen LogP contribution in [0.4, 0.5) is 0 Å². The van der Waals surface area contributed by atoms with E-state index in [0.29, 0.717) is 19.4 Å². The molecule has 0 bridgehead atoms. The summed E-state index contributed by atoms with van der Waals surface area (Å²) >= 11 is 0. The SMILES string of the molecule is CCOC(=O)C(CCc1cccc2ccccc12)CC1(C(N)=O)CCCC1. The Hall–Kier alpha value is -2.36. The van der Waals surface area contributed by atoms with Gasteiger partial charge in [-0.1, -0.05) is 55.3 Å². The number of carbonyl (C=O) groups is 2. The molecule has 1 saturated carbocycles. The maximum absolute atomic E-state index is 12.6. The van der Waals surface area contributed by atoms with Crippen molar-refractivity contribution in [1.82, 2.24) is 0 Å². The molecule has 1 atom stereocenters. The molecule has 2 aromatic carbocycles. The first kappa shape index (κ1) is 19.4. The minimum absolute atomic E-state index is 0.203. The van der Waals surface area contributed by atoms with Gasteiger partial charge in [0.2, 0.25) is 5.91 Å². The van der Waals surface area contributed by atoms with Crippen LogP contribution in [0.3, 0.4) is 0 Å². The van der Waals surface area contributed by atoms with E-state index in [0.717, 1.165) is 32.1 Å². The van der Waals surface area contributed by atoms with Gasteiger partial charge in [-0.05, 0) is 55.4 Å². The third-order valence-electron chi connectivity index (χ3n) is 5.98. The van der Waals surface area contributed by atoms with Crippen LogP contribution in [-0.4, -0.2) is 18.5 Å². The monoisotopic (exact) mass is 367 g/mol. The predicted octanol–water partition coefficient (Wildman–Crippen LogP) is 4.39. The van der Waals surface area contributed by atoms with Crippen molar-refractivity contribution in [1.29, 1.82) is 0 Å². The summed E-state index contributed by atoms with van der Waals surface area (Å²) < 4.78 is 5.32. The molecule has 0 spiro atoms. The number of nitrogens with two attached hydrogens (primary N) is 1. The van der Waals surface area contributed by atoms with Gasteiger partial charge in [-0.3, -0.25) is 9.59 Å². The molecule has 0 aliphatic heterocycles. The zero-order valence-corrected chi connectivity index (χ0v) is 16.1. The van der Waals surface area contributed by atoms with Crippen molar-refractivity contribution < 1.29 is 14.3 Å². The molecule has 4 heteroatoms. The Morgan fingerprint density at radius 1 is 1.11 bits per heavy atom. The van der Waals surface area contributed by atoms with Crippen molar-refractivity contribution in [3.05, 3.63) is 48.0 Å². The Morgan fingerprint density at radius 3 is 2.52 bits per heavy atom. The maximum Gasteiger partial charge on any atom is 0.308 e. The standard InChI is InChI=1S/C23H29NO3/c1-2-27-21(25)19(16-23(22(24)26)14-5-6-15-23)13-12-18-10-7-9-17-8-3-4-11-20(17)18/h3-4,7-11,19H,2,5-6,12-16H2,1H3,(H2,24,26). The van der Waals surface area contributed by atoms with Crippen molar-refractivity contribution >= 4 is 22.6 Å². The maximum atomic E-state index is 12.6. The average molecular weight is 367 g/mol. The lowest BCUT2D eigenvalue weighted by atomic mass is 9.75. The fourth-order valence-electron chi connectivity index (χ4n) is 4.48. The topological polar surface area (TPSA) is 69.4 Å². The van der Waals surface area contributed by atoms with E-state index in [1.807, 2.05) is 19.1 Å². The highest BCUT2D eigenvalue weighted by Gasteiger charge is 2.43. The van der Waals surface area contributed by atoms with E-state index in [4.69, 9.17) is 10.5 Å². The number of ether oxygens (including phenoxy) is 1. The molecular formula is C23H29NO3. The van der Waals surface area contributed by atoms with Crippen molar-refractivity contribution in [2.45, 2.75) is 51.9 Å². The number of rotatable bonds is 8. The highest BCUT2D eigenvalue weighted by Crippen LogP contribution is 2.44. The molecule has 4 nitrogen and oxygen atoms in total. The first-order chi connectivity index (χ1) is 13.1. The van der Waals surface area contributed by atoms with Gasteiger partial charge in [-0.15, -0.1) is 0 Å². The third kappa shape index (κ3) is 4.32. The molecule has 0 heterocycles. The number of primary amides is 1. The van der Waals surface area contributed by atoms with Crippen LogP contribution in [0.15, 0.2) is 42.5 Å².